The largest absolute Gasteiger partial charge is 0.497 e. The summed E-state index contributed by atoms with van der Waals surface area (Å²) in [6, 6.07) is 15.7. The molecule has 1 aliphatic heterocycles. The lowest BCUT2D eigenvalue weighted by Gasteiger charge is -2.36. The molecule has 0 saturated carbocycles. The Bertz CT molecular complexity index is 933. The SMILES string of the molecule is COc1ccc(/C=C2\C(=O)N(CCc3ccccc3)C(=O)N(C(C)C)C2=O)cc1. The van der Waals surface area contributed by atoms with Crippen LogP contribution in [0.4, 0.5) is 4.79 Å². The van der Waals surface area contributed by atoms with Gasteiger partial charge in [-0.25, -0.2) is 4.79 Å². The van der Waals surface area contributed by atoms with Crippen molar-refractivity contribution >= 4 is 23.9 Å². The van der Waals surface area contributed by atoms with Crippen LogP contribution in [0.1, 0.15) is 25.0 Å². The zero-order valence-electron chi connectivity index (χ0n) is 16.8. The van der Waals surface area contributed by atoms with Crippen molar-refractivity contribution in [3.8, 4) is 5.75 Å². The van der Waals surface area contributed by atoms with Gasteiger partial charge in [0.1, 0.15) is 11.3 Å². The Morgan fingerprint density at radius 1 is 0.931 bits per heavy atom. The van der Waals surface area contributed by atoms with E-state index in [2.05, 4.69) is 0 Å². The first kappa shape index (κ1) is 20.3. The molecule has 0 unspecified atom stereocenters. The summed E-state index contributed by atoms with van der Waals surface area (Å²) in [6.45, 7) is 3.72. The minimum atomic E-state index is -0.571. The lowest BCUT2D eigenvalue weighted by atomic mass is 10.0. The smallest absolute Gasteiger partial charge is 0.334 e. The number of benzene rings is 2. The first-order valence-corrected chi connectivity index (χ1v) is 9.51. The van der Waals surface area contributed by atoms with Gasteiger partial charge in [-0.3, -0.25) is 19.4 Å². The summed E-state index contributed by atoms with van der Waals surface area (Å²) in [5.74, 6) is -0.456. The number of barbiturate groups is 1. The maximum atomic E-state index is 13.0. The zero-order chi connectivity index (χ0) is 21.0. The molecule has 0 aromatic heterocycles. The number of ether oxygens (including phenoxy) is 1. The highest BCUT2D eigenvalue weighted by Gasteiger charge is 2.42. The fraction of sp³-hybridized carbons (Fsp3) is 0.261. The van der Waals surface area contributed by atoms with Gasteiger partial charge in [0.15, 0.2) is 0 Å². The van der Waals surface area contributed by atoms with E-state index >= 15 is 0 Å². The Morgan fingerprint density at radius 2 is 1.59 bits per heavy atom. The van der Waals surface area contributed by atoms with Gasteiger partial charge < -0.3 is 4.74 Å². The van der Waals surface area contributed by atoms with Gasteiger partial charge in [-0.1, -0.05) is 42.5 Å². The molecule has 1 fully saturated rings. The van der Waals surface area contributed by atoms with Crippen LogP contribution in [0.3, 0.4) is 0 Å². The van der Waals surface area contributed by atoms with Crippen molar-refractivity contribution in [3.63, 3.8) is 0 Å². The molecule has 150 valence electrons. The summed E-state index contributed by atoms with van der Waals surface area (Å²) in [7, 11) is 1.57. The van der Waals surface area contributed by atoms with Crippen LogP contribution >= 0.6 is 0 Å². The topological polar surface area (TPSA) is 66.9 Å². The van der Waals surface area contributed by atoms with Gasteiger partial charge in [-0.05, 0) is 49.6 Å². The summed E-state index contributed by atoms with van der Waals surface area (Å²) in [6.07, 6.45) is 2.05. The van der Waals surface area contributed by atoms with Crippen molar-refractivity contribution in [2.24, 2.45) is 0 Å². The molecule has 1 heterocycles. The Labute approximate surface area is 170 Å². The van der Waals surface area contributed by atoms with Crippen LogP contribution < -0.4 is 4.74 Å². The lowest BCUT2D eigenvalue weighted by Crippen LogP contribution is -2.58. The van der Waals surface area contributed by atoms with Crippen LogP contribution in [-0.2, 0) is 16.0 Å². The van der Waals surface area contributed by atoms with E-state index < -0.39 is 17.8 Å². The zero-order valence-corrected chi connectivity index (χ0v) is 16.8. The van der Waals surface area contributed by atoms with Gasteiger partial charge in [-0.15, -0.1) is 0 Å². The predicted molar refractivity (Wildman–Crippen MR) is 110 cm³/mol. The number of imide groups is 2. The highest BCUT2D eigenvalue weighted by Crippen LogP contribution is 2.23. The second-order valence-corrected chi connectivity index (χ2v) is 7.08. The number of urea groups is 1. The minimum absolute atomic E-state index is 0.0171. The molecule has 2 aromatic carbocycles. The standard InChI is InChI=1S/C23H24N2O4/c1-16(2)25-22(27)20(15-18-9-11-19(29-3)12-10-18)21(26)24(23(25)28)14-13-17-7-5-4-6-8-17/h4-12,15-16H,13-14H2,1-3H3/b20-15+. The molecule has 0 aliphatic carbocycles. The average molecular weight is 392 g/mol. The number of methoxy groups -OCH3 is 1. The van der Waals surface area contributed by atoms with Gasteiger partial charge in [0.25, 0.3) is 11.8 Å². The van der Waals surface area contributed by atoms with Crippen LogP contribution in [0.25, 0.3) is 6.08 Å². The third-order valence-electron chi connectivity index (χ3n) is 4.77. The van der Waals surface area contributed by atoms with E-state index in [1.54, 1.807) is 45.2 Å². The van der Waals surface area contributed by atoms with Gasteiger partial charge >= 0.3 is 6.03 Å². The van der Waals surface area contributed by atoms with Crippen LogP contribution in [0.5, 0.6) is 5.75 Å². The second kappa shape index (κ2) is 8.73. The van der Waals surface area contributed by atoms with Crippen molar-refractivity contribution in [1.29, 1.82) is 0 Å². The number of hydrogen-bond donors (Lipinski definition) is 0. The molecule has 6 heteroatoms. The molecule has 3 rings (SSSR count). The van der Waals surface area contributed by atoms with E-state index in [0.29, 0.717) is 17.7 Å². The van der Waals surface area contributed by atoms with Crippen LogP contribution in [0.2, 0.25) is 0 Å². The Hall–Kier alpha value is -3.41. The summed E-state index contributed by atoms with van der Waals surface area (Å²) in [4.78, 5) is 41.1. The molecule has 29 heavy (non-hydrogen) atoms. The van der Waals surface area contributed by atoms with Gasteiger partial charge in [-0.2, -0.15) is 0 Å². The normalized spacial score (nSPS) is 16.1. The fourth-order valence-electron chi connectivity index (χ4n) is 3.20. The Balaban J connectivity index is 1.91. The third-order valence-corrected chi connectivity index (χ3v) is 4.77. The van der Waals surface area contributed by atoms with Gasteiger partial charge in [0.05, 0.1) is 7.11 Å². The Kier molecular flexibility index (Phi) is 6.12. The average Bonchev–Trinajstić information content (AvgIpc) is 2.72. The van der Waals surface area contributed by atoms with E-state index in [-0.39, 0.29) is 18.2 Å². The molecule has 6 nitrogen and oxygen atoms in total. The van der Waals surface area contributed by atoms with Gasteiger partial charge in [0, 0.05) is 12.6 Å². The van der Waals surface area contributed by atoms with E-state index in [1.807, 2.05) is 30.3 Å². The van der Waals surface area contributed by atoms with Crippen molar-refractivity contribution in [2.45, 2.75) is 26.3 Å². The third kappa shape index (κ3) is 4.37. The molecule has 0 N–H and O–H groups in total. The summed E-state index contributed by atoms with van der Waals surface area (Å²) < 4.78 is 5.14. The van der Waals surface area contributed by atoms with Crippen LogP contribution in [0, 0.1) is 0 Å². The monoisotopic (exact) mass is 392 g/mol. The van der Waals surface area contributed by atoms with E-state index in [9.17, 15) is 14.4 Å². The molecule has 2 aromatic rings. The molecule has 1 saturated heterocycles. The number of hydrogen-bond acceptors (Lipinski definition) is 4. The number of nitrogens with zero attached hydrogens (tertiary/aromatic N) is 2. The summed E-state index contributed by atoms with van der Waals surface area (Å²) >= 11 is 0. The van der Waals surface area contributed by atoms with Crippen molar-refractivity contribution in [2.75, 3.05) is 13.7 Å². The summed E-state index contributed by atoms with van der Waals surface area (Å²) in [5, 5.41) is 0. The fourth-order valence-corrected chi connectivity index (χ4v) is 3.20. The maximum absolute atomic E-state index is 13.0. The van der Waals surface area contributed by atoms with Crippen molar-refractivity contribution in [3.05, 3.63) is 71.3 Å². The van der Waals surface area contributed by atoms with Crippen molar-refractivity contribution in [1.82, 2.24) is 9.80 Å². The molecular weight excluding hydrogens is 368 g/mol. The Morgan fingerprint density at radius 3 is 2.17 bits per heavy atom. The predicted octanol–water partition coefficient (Wildman–Crippen LogP) is 3.52. The molecule has 0 bridgehead atoms. The van der Waals surface area contributed by atoms with Crippen LogP contribution in [-0.4, -0.2) is 47.3 Å². The first-order valence-electron chi connectivity index (χ1n) is 9.51. The number of carbonyl (C=O) groups is 3. The highest BCUT2D eigenvalue weighted by molar-refractivity contribution is 6.31. The molecule has 0 atom stereocenters. The molecule has 0 spiro atoms. The van der Waals surface area contributed by atoms with E-state index in [4.69, 9.17) is 4.74 Å². The molecule has 0 radical (unpaired) electrons. The lowest BCUT2D eigenvalue weighted by molar-refractivity contribution is -0.136. The van der Waals surface area contributed by atoms with Crippen LogP contribution in [0.15, 0.2) is 60.2 Å². The van der Waals surface area contributed by atoms with E-state index in [1.165, 1.54) is 6.08 Å². The first-order chi connectivity index (χ1) is 13.9. The van der Waals surface area contributed by atoms with Gasteiger partial charge in [0.2, 0.25) is 0 Å². The number of rotatable bonds is 6. The quantitative estimate of drug-likeness (QED) is 0.557. The number of carbonyl (C=O) groups excluding carboxylic acids is 3. The van der Waals surface area contributed by atoms with Crippen molar-refractivity contribution < 1.29 is 19.1 Å². The minimum Gasteiger partial charge on any atom is -0.497 e. The summed E-state index contributed by atoms with van der Waals surface area (Å²) in [5.41, 5.74) is 1.68. The maximum Gasteiger partial charge on any atom is 0.334 e. The molecule has 4 amide bonds. The molecule has 1 aliphatic rings. The second-order valence-electron chi connectivity index (χ2n) is 7.08. The molecular formula is C23H24N2O4. The van der Waals surface area contributed by atoms with E-state index in [0.717, 1.165) is 15.4 Å². The highest BCUT2D eigenvalue weighted by atomic mass is 16.5. The number of amides is 4.